The van der Waals surface area contributed by atoms with Crippen LogP contribution < -0.4 is 10.2 Å². The summed E-state index contributed by atoms with van der Waals surface area (Å²) in [5.41, 5.74) is 3.61. The van der Waals surface area contributed by atoms with Gasteiger partial charge >= 0.3 is 0 Å². The number of hydrogen-bond acceptors (Lipinski definition) is 4. The number of pyridine rings is 1. The number of carbonyl (C=O) groups excluding carboxylic acids is 1. The van der Waals surface area contributed by atoms with Crippen molar-refractivity contribution in [2.24, 2.45) is 0 Å². The van der Waals surface area contributed by atoms with Crippen molar-refractivity contribution in [1.29, 1.82) is 0 Å². The number of morpholine rings is 1. The van der Waals surface area contributed by atoms with Crippen molar-refractivity contribution in [3.8, 4) is 0 Å². The van der Waals surface area contributed by atoms with Crippen LogP contribution in [0.5, 0.6) is 0 Å². The van der Waals surface area contributed by atoms with Gasteiger partial charge in [-0.25, -0.2) is 0 Å². The number of nitrogens with zero attached hydrogens (tertiary/aromatic N) is 2. The van der Waals surface area contributed by atoms with Crippen LogP contribution in [0.4, 0.5) is 17.1 Å². The van der Waals surface area contributed by atoms with Crippen molar-refractivity contribution in [3.63, 3.8) is 0 Å². The Morgan fingerprint density at radius 3 is 2.76 bits per heavy atom. The van der Waals surface area contributed by atoms with E-state index in [4.69, 9.17) is 16.3 Å². The summed E-state index contributed by atoms with van der Waals surface area (Å²) in [6.07, 6.45) is 1.75. The van der Waals surface area contributed by atoms with Crippen LogP contribution in [0.25, 0.3) is 10.9 Å². The minimum atomic E-state index is -0.0102. The zero-order valence-corrected chi connectivity index (χ0v) is 14.2. The fraction of sp³-hybridized carbons (Fsp3) is 0.158. The molecule has 1 aliphatic rings. The lowest BCUT2D eigenvalue weighted by molar-refractivity contribution is -0.125. The molecule has 0 spiro atoms. The van der Waals surface area contributed by atoms with Gasteiger partial charge in [-0.3, -0.25) is 9.78 Å². The molecule has 0 radical (unpaired) electrons. The Balaban J connectivity index is 1.58. The first-order chi connectivity index (χ1) is 12.2. The van der Waals surface area contributed by atoms with Gasteiger partial charge in [0.15, 0.2) is 0 Å². The smallest absolute Gasteiger partial charge is 0.253 e. The molecule has 2 heterocycles. The number of ether oxygens (including phenoxy) is 1. The van der Waals surface area contributed by atoms with Crippen LogP contribution in [-0.4, -0.2) is 30.6 Å². The van der Waals surface area contributed by atoms with Gasteiger partial charge in [-0.15, -0.1) is 0 Å². The second-order valence-electron chi connectivity index (χ2n) is 5.79. The van der Waals surface area contributed by atoms with Gasteiger partial charge in [-0.05, 0) is 48.5 Å². The topological polar surface area (TPSA) is 54.5 Å². The summed E-state index contributed by atoms with van der Waals surface area (Å²) in [4.78, 5) is 18.0. The maximum Gasteiger partial charge on any atom is 0.253 e. The van der Waals surface area contributed by atoms with Crippen molar-refractivity contribution in [3.05, 3.63) is 59.8 Å². The van der Waals surface area contributed by atoms with Crippen LogP contribution in [0.3, 0.4) is 0 Å². The normalized spacial score (nSPS) is 14.8. The SMILES string of the molecule is O=C1COCCN1c1ccc(Nc2ccnc3cc(Cl)ccc23)cc1. The maximum atomic E-state index is 11.9. The molecule has 25 heavy (non-hydrogen) atoms. The fourth-order valence-corrected chi connectivity index (χ4v) is 3.07. The minimum absolute atomic E-state index is 0.0102. The third-order valence-electron chi connectivity index (χ3n) is 4.15. The van der Waals surface area contributed by atoms with E-state index in [1.807, 2.05) is 48.5 Å². The number of nitrogens with one attached hydrogen (secondary N) is 1. The number of anilines is 3. The number of benzene rings is 2. The number of carbonyl (C=O) groups is 1. The summed E-state index contributed by atoms with van der Waals surface area (Å²) in [5, 5.41) is 5.06. The summed E-state index contributed by atoms with van der Waals surface area (Å²) in [6, 6.07) is 15.4. The Bertz CT molecular complexity index is 928. The zero-order chi connectivity index (χ0) is 17.2. The van der Waals surface area contributed by atoms with E-state index >= 15 is 0 Å². The van der Waals surface area contributed by atoms with Gasteiger partial charge in [-0.1, -0.05) is 11.6 Å². The van der Waals surface area contributed by atoms with Crippen molar-refractivity contribution >= 4 is 45.5 Å². The number of rotatable bonds is 3. The third kappa shape index (κ3) is 3.29. The summed E-state index contributed by atoms with van der Waals surface area (Å²) < 4.78 is 5.17. The van der Waals surface area contributed by atoms with Crippen molar-refractivity contribution < 1.29 is 9.53 Å². The first-order valence-corrected chi connectivity index (χ1v) is 8.38. The highest BCUT2D eigenvalue weighted by atomic mass is 35.5. The Labute approximate surface area is 150 Å². The second-order valence-corrected chi connectivity index (χ2v) is 6.23. The van der Waals surface area contributed by atoms with Crippen molar-refractivity contribution in [2.45, 2.75) is 0 Å². The van der Waals surface area contributed by atoms with E-state index in [0.29, 0.717) is 18.2 Å². The molecule has 0 bridgehead atoms. The highest BCUT2D eigenvalue weighted by Crippen LogP contribution is 2.28. The molecule has 0 atom stereocenters. The molecule has 0 aliphatic carbocycles. The molecule has 1 N–H and O–H groups in total. The molecule has 1 saturated heterocycles. The average Bonchev–Trinajstić information content (AvgIpc) is 2.63. The number of fused-ring (bicyclic) bond motifs is 1. The van der Waals surface area contributed by atoms with Crippen LogP contribution in [0.1, 0.15) is 0 Å². The molecule has 2 aromatic carbocycles. The van der Waals surface area contributed by atoms with Gasteiger partial charge in [0, 0.05) is 40.2 Å². The van der Waals surface area contributed by atoms with Crippen LogP contribution in [0, 0.1) is 0 Å². The molecule has 5 nitrogen and oxygen atoms in total. The Kier molecular flexibility index (Phi) is 4.26. The molecule has 0 unspecified atom stereocenters. The standard InChI is InChI=1S/C19H16ClN3O2/c20-13-1-6-16-17(7-8-21-18(16)11-13)22-14-2-4-15(5-3-14)23-9-10-25-12-19(23)24/h1-8,11H,9-10,12H2,(H,21,22). The number of amides is 1. The maximum absolute atomic E-state index is 11.9. The van der Waals surface area contributed by atoms with E-state index in [1.54, 1.807) is 11.1 Å². The first-order valence-electron chi connectivity index (χ1n) is 8.00. The van der Waals surface area contributed by atoms with E-state index in [0.717, 1.165) is 28.0 Å². The number of hydrogen-bond donors (Lipinski definition) is 1. The van der Waals surface area contributed by atoms with Crippen LogP contribution in [-0.2, 0) is 9.53 Å². The van der Waals surface area contributed by atoms with E-state index in [1.165, 1.54) is 0 Å². The van der Waals surface area contributed by atoms with Crippen LogP contribution in [0.2, 0.25) is 5.02 Å². The molecule has 1 aliphatic heterocycles. The molecular weight excluding hydrogens is 338 g/mol. The second kappa shape index (κ2) is 6.70. The van der Waals surface area contributed by atoms with Gasteiger partial charge in [0.2, 0.25) is 0 Å². The monoisotopic (exact) mass is 353 g/mol. The molecule has 126 valence electrons. The molecule has 6 heteroatoms. The third-order valence-corrected chi connectivity index (χ3v) is 4.38. The van der Waals surface area contributed by atoms with Gasteiger partial charge in [0.1, 0.15) is 6.61 Å². The number of halogens is 1. The fourth-order valence-electron chi connectivity index (χ4n) is 2.90. The summed E-state index contributed by atoms with van der Waals surface area (Å²) in [6.45, 7) is 1.30. The van der Waals surface area contributed by atoms with E-state index in [9.17, 15) is 4.79 Å². The first kappa shape index (κ1) is 15.9. The van der Waals surface area contributed by atoms with Crippen LogP contribution in [0.15, 0.2) is 54.7 Å². The predicted molar refractivity (Wildman–Crippen MR) is 99.6 cm³/mol. The lowest BCUT2D eigenvalue weighted by atomic mass is 10.1. The molecule has 4 rings (SSSR count). The van der Waals surface area contributed by atoms with Crippen molar-refractivity contribution in [2.75, 3.05) is 30.0 Å². The quantitative estimate of drug-likeness (QED) is 0.773. The molecule has 1 fully saturated rings. The lowest BCUT2D eigenvalue weighted by Crippen LogP contribution is -2.41. The molecule has 3 aromatic rings. The molecule has 0 saturated carbocycles. The van der Waals surface area contributed by atoms with Gasteiger partial charge in [-0.2, -0.15) is 0 Å². The van der Waals surface area contributed by atoms with E-state index in [2.05, 4.69) is 10.3 Å². The molecule has 1 amide bonds. The number of aromatic nitrogens is 1. The highest BCUT2D eigenvalue weighted by Gasteiger charge is 2.19. The summed E-state index contributed by atoms with van der Waals surface area (Å²) >= 11 is 6.03. The van der Waals surface area contributed by atoms with Gasteiger partial charge in [0.25, 0.3) is 5.91 Å². The van der Waals surface area contributed by atoms with E-state index < -0.39 is 0 Å². The summed E-state index contributed by atoms with van der Waals surface area (Å²) in [5.74, 6) is -0.0102. The molecule has 1 aromatic heterocycles. The predicted octanol–water partition coefficient (Wildman–Crippen LogP) is 4.00. The van der Waals surface area contributed by atoms with Crippen LogP contribution >= 0.6 is 11.6 Å². The summed E-state index contributed by atoms with van der Waals surface area (Å²) in [7, 11) is 0. The zero-order valence-electron chi connectivity index (χ0n) is 13.4. The van der Waals surface area contributed by atoms with E-state index in [-0.39, 0.29) is 12.5 Å². The highest BCUT2D eigenvalue weighted by molar-refractivity contribution is 6.31. The Hall–Kier alpha value is -2.63. The molecular formula is C19H16ClN3O2. The van der Waals surface area contributed by atoms with Gasteiger partial charge in [0.05, 0.1) is 12.1 Å². The van der Waals surface area contributed by atoms with Crippen molar-refractivity contribution in [1.82, 2.24) is 4.98 Å². The lowest BCUT2D eigenvalue weighted by Gasteiger charge is -2.27. The minimum Gasteiger partial charge on any atom is -0.370 e. The Morgan fingerprint density at radius 1 is 1.12 bits per heavy atom. The average molecular weight is 354 g/mol. The van der Waals surface area contributed by atoms with Gasteiger partial charge < -0.3 is 15.0 Å². The largest absolute Gasteiger partial charge is 0.370 e. The Morgan fingerprint density at radius 2 is 1.96 bits per heavy atom.